The lowest BCUT2D eigenvalue weighted by atomic mass is 10.2. The second-order valence-electron chi connectivity index (χ2n) is 4.19. The quantitative estimate of drug-likeness (QED) is 0.805. The Morgan fingerprint density at radius 2 is 1.85 bits per heavy atom. The number of hydrogen-bond acceptors (Lipinski definition) is 4. The number of likely N-dealkylation sites (N-methyl/N-ethyl adjacent to an activating group) is 1. The van der Waals surface area contributed by atoms with Crippen molar-refractivity contribution in [1.82, 2.24) is 4.31 Å². The van der Waals surface area contributed by atoms with Gasteiger partial charge in [0.25, 0.3) is 0 Å². The Bertz CT molecular complexity index is 570. The molecule has 1 unspecified atom stereocenters. The molecule has 0 aromatic heterocycles. The number of aliphatic hydroxyl groups is 1. The molecule has 2 N–H and O–H groups in total. The van der Waals surface area contributed by atoms with E-state index in [0.717, 1.165) is 24.3 Å². The summed E-state index contributed by atoms with van der Waals surface area (Å²) < 4.78 is 38.2. The zero-order chi connectivity index (χ0) is 15.5. The molecule has 20 heavy (non-hydrogen) atoms. The Balaban J connectivity index is 3.28. The van der Waals surface area contributed by atoms with Crippen LogP contribution in [0, 0.1) is 5.82 Å². The van der Waals surface area contributed by atoms with Gasteiger partial charge in [0.05, 0.1) is 11.0 Å². The van der Waals surface area contributed by atoms with Crippen molar-refractivity contribution in [3.8, 4) is 0 Å². The lowest BCUT2D eigenvalue weighted by Gasteiger charge is -2.28. The van der Waals surface area contributed by atoms with E-state index in [1.54, 1.807) is 0 Å². The van der Waals surface area contributed by atoms with Crippen LogP contribution >= 0.6 is 0 Å². The standard InChI is InChI=1S/C12H16FNO5S/c1-3-14(11(8(2)15)12(16)17)20(18,19)10-6-4-9(13)5-7-10/h4-8,11,15H,3H2,1-2H3,(H,16,17)/t8?,11-/m0/s1. The van der Waals surface area contributed by atoms with E-state index in [4.69, 9.17) is 5.11 Å². The number of benzene rings is 1. The maximum absolute atomic E-state index is 12.8. The Morgan fingerprint density at radius 3 is 2.20 bits per heavy atom. The highest BCUT2D eigenvalue weighted by atomic mass is 32.2. The van der Waals surface area contributed by atoms with Gasteiger partial charge in [-0.2, -0.15) is 4.31 Å². The predicted molar refractivity (Wildman–Crippen MR) is 69.1 cm³/mol. The first-order chi connectivity index (χ1) is 9.21. The molecular weight excluding hydrogens is 289 g/mol. The third-order valence-corrected chi connectivity index (χ3v) is 4.72. The number of carboxylic acids is 1. The summed E-state index contributed by atoms with van der Waals surface area (Å²) in [6.45, 7) is 2.52. The lowest BCUT2D eigenvalue weighted by Crippen LogP contribution is -2.50. The van der Waals surface area contributed by atoms with Crippen molar-refractivity contribution in [2.45, 2.75) is 30.9 Å². The van der Waals surface area contributed by atoms with Gasteiger partial charge < -0.3 is 10.2 Å². The molecule has 0 spiro atoms. The second-order valence-corrected chi connectivity index (χ2v) is 6.08. The highest BCUT2D eigenvalue weighted by Crippen LogP contribution is 2.20. The molecule has 2 atom stereocenters. The summed E-state index contributed by atoms with van der Waals surface area (Å²) in [5.41, 5.74) is 0. The van der Waals surface area contributed by atoms with Crippen LogP contribution in [0.3, 0.4) is 0 Å². The monoisotopic (exact) mass is 305 g/mol. The zero-order valence-corrected chi connectivity index (χ0v) is 11.8. The molecule has 0 fully saturated rings. The molecule has 1 aromatic rings. The minimum atomic E-state index is -4.13. The number of carboxylic acid groups (broad SMARTS) is 1. The van der Waals surface area contributed by atoms with Gasteiger partial charge in [-0.25, -0.2) is 12.8 Å². The van der Waals surface area contributed by atoms with Crippen LogP contribution in [0.1, 0.15) is 13.8 Å². The normalized spacial score (nSPS) is 15.1. The molecule has 0 bridgehead atoms. The fourth-order valence-corrected chi connectivity index (χ4v) is 3.48. The fourth-order valence-electron chi connectivity index (χ4n) is 1.83. The van der Waals surface area contributed by atoms with E-state index in [-0.39, 0.29) is 11.4 Å². The Labute approximate surface area is 116 Å². The topological polar surface area (TPSA) is 94.9 Å². The summed E-state index contributed by atoms with van der Waals surface area (Å²) >= 11 is 0. The molecule has 0 saturated carbocycles. The zero-order valence-electron chi connectivity index (χ0n) is 11.0. The van der Waals surface area contributed by atoms with Crippen LogP contribution in [0.5, 0.6) is 0 Å². The highest BCUT2D eigenvalue weighted by molar-refractivity contribution is 7.89. The maximum Gasteiger partial charge on any atom is 0.324 e. The number of halogens is 1. The fraction of sp³-hybridized carbons (Fsp3) is 0.417. The van der Waals surface area contributed by atoms with Crippen LogP contribution in [-0.2, 0) is 14.8 Å². The van der Waals surface area contributed by atoms with E-state index in [0.29, 0.717) is 4.31 Å². The number of nitrogens with zero attached hydrogens (tertiary/aromatic N) is 1. The number of sulfonamides is 1. The Hall–Kier alpha value is -1.51. The summed E-state index contributed by atoms with van der Waals surface area (Å²) in [7, 11) is -4.13. The smallest absolute Gasteiger partial charge is 0.324 e. The summed E-state index contributed by atoms with van der Waals surface area (Å²) in [6.07, 6.45) is -1.39. The molecule has 0 amide bonds. The molecule has 112 valence electrons. The Kier molecular flexibility index (Phi) is 5.21. The largest absolute Gasteiger partial charge is 0.480 e. The van der Waals surface area contributed by atoms with Crippen molar-refractivity contribution in [2.75, 3.05) is 6.54 Å². The molecule has 0 aliphatic rings. The maximum atomic E-state index is 12.8. The van der Waals surface area contributed by atoms with Gasteiger partial charge in [0.1, 0.15) is 11.9 Å². The van der Waals surface area contributed by atoms with Crippen LogP contribution in [-0.4, -0.2) is 47.6 Å². The first-order valence-corrected chi connectivity index (χ1v) is 7.34. The van der Waals surface area contributed by atoms with Crippen LogP contribution in [0.15, 0.2) is 29.2 Å². The number of hydrogen-bond donors (Lipinski definition) is 2. The van der Waals surface area contributed by atoms with Gasteiger partial charge in [0.2, 0.25) is 10.0 Å². The SMILES string of the molecule is CCN([C@H](C(=O)O)C(C)O)S(=O)(=O)c1ccc(F)cc1. The minimum Gasteiger partial charge on any atom is -0.480 e. The van der Waals surface area contributed by atoms with Crippen LogP contribution in [0.25, 0.3) is 0 Å². The van der Waals surface area contributed by atoms with Gasteiger partial charge >= 0.3 is 5.97 Å². The molecular formula is C12H16FNO5S. The molecule has 0 aliphatic heterocycles. The summed E-state index contributed by atoms with van der Waals surface area (Å²) in [4.78, 5) is 10.9. The minimum absolute atomic E-state index is 0.137. The molecule has 0 aliphatic carbocycles. The van der Waals surface area contributed by atoms with Gasteiger partial charge in [-0.05, 0) is 31.2 Å². The van der Waals surface area contributed by atoms with E-state index in [2.05, 4.69) is 0 Å². The summed E-state index contributed by atoms with van der Waals surface area (Å²) in [5, 5.41) is 18.6. The molecule has 0 radical (unpaired) electrons. The average molecular weight is 305 g/mol. The van der Waals surface area contributed by atoms with Gasteiger partial charge in [-0.15, -0.1) is 0 Å². The first kappa shape index (κ1) is 16.5. The molecule has 1 rings (SSSR count). The average Bonchev–Trinajstić information content (AvgIpc) is 2.34. The molecule has 0 saturated heterocycles. The van der Waals surface area contributed by atoms with Crippen molar-refractivity contribution in [1.29, 1.82) is 0 Å². The number of aliphatic carboxylic acids is 1. The molecule has 0 heterocycles. The van der Waals surface area contributed by atoms with E-state index >= 15 is 0 Å². The summed E-state index contributed by atoms with van der Waals surface area (Å²) in [5.74, 6) is -2.05. The summed E-state index contributed by atoms with van der Waals surface area (Å²) in [6, 6.07) is 2.44. The molecule has 6 nitrogen and oxygen atoms in total. The second kappa shape index (κ2) is 6.29. The third-order valence-electron chi connectivity index (χ3n) is 2.75. The van der Waals surface area contributed by atoms with Crippen LogP contribution in [0.2, 0.25) is 0 Å². The van der Waals surface area contributed by atoms with Gasteiger partial charge in [-0.3, -0.25) is 4.79 Å². The Morgan fingerprint density at radius 1 is 1.35 bits per heavy atom. The van der Waals surface area contributed by atoms with Gasteiger partial charge in [-0.1, -0.05) is 6.92 Å². The van der Waals surface area contributed by atoms with E-state index < -0.39 is 34.0 Å². The lowest BCUT2D eigenvalue weighted by molar-refractivity contribution is -0.144. The molecule has 8 heteroatoms. The van der Waals surface area contributed by atoms with E-state index in [1.807, 2.05) is 0 Å². The van der Waals surface area contributed by atoms with Gasteiger partial charge in [0, 0.05) is 6.54 Å². The van der Waals surface area contributed by atoms with E-state index in [1.165, 1.54) is 13.8 Å². The van der Waals surface area contributed by atoms with Gasteiger partial charge in [0.15, 0.2) is 0 Å². The number of rotatable bonds is 6. The number of carbonyl (C=O) groups is 1. The van der Waals surface area contributed by atoms with Crippen molar-refractivity contribution in [2.24, 2.45) is 0 Å². The van der Waals surface area contributed by atoms with Crippen molar-refractivity contribution in [3.05, 3.63) is 30.1 Å². The van der Waals surface area contributed by atoms with E-state index in [9.17, 15) is 22.7 Å². The first-order valence-electron chi connectivity index (χ1n) is 5.90. The number of aliphatic hydroxyl groups excluding tert-OH is 1. The van der Waals surface area contributed by atoms with Crippen molar-refractivity contribution < 1.29 is 27.8 Å². The predicted octanol–water partition coefficient (Wildman–Crippen LogP) is 0.670. The van der Waals surface area contributed by atoms with Crippen LogP contribution in [0.4, 0.5) is 4.39 Å². The third kappa shape index (κ3) is 3.33. The van der Waals surface area contributed by atoms with Crippen molar-refractivity contribution in [3.63, 3.8) is 0 Å². The van der Waals surface area contributed by atoms with Crippen molar-refractivity contribution >= 4 is 16.0 Å². The van der Waals surface area contributed by atoms with Crippen LogP contribution < -0.4 is 0 Å². The molecule has 1 aromatic carbocycles. The highest BCUT2D eigenvalue weighted by Gasteiger charge is 2.37.